The number of carbonyl (C=O) groups is 2. The van der Waals surface area contributed by atoms with Crippen molar-refractivity contribution in [2.45, 2.75) is 65.2 Å². The topological polar surface area (TPSA) is 58.2 Å². The summed E-state index contributed by atoms with van der Waals surface area (Å²) >= 11 is 0. The third kappa shape index (κ3) is 7.95. The fourth-order valence-corrected chi connectivity index (χ4v) is 3.13. The van der Waals surface area contributed by atoms with Crippen LogP contribution in [0.3, 0.4) is 0 Å². The van der Waals surface area contributed by atoms with Crippen LogP contribution in [0.4, 0.5) is 11.4 Å². The Morgan fingerprint density at radius 2 is 0.964 bits per heavy atom. The molecule has 0 aliphatic rings. The Morgan fingerprint density at radius 1 is 0.607 bits per heavy atom. The van der Waals surface area contributed by atoms with Crippen molar-refractivity contribution in [2.75, 3.05) is 10.6 Å². The Hall–Kier alpha value is -2.62. The molecule has 0 unspecified atom stereocenters. The SMILES string of the molecule is Cc1ccccc1NC(=O)CCCCCCCCC(=O)Nc1ccccc1C. The van der Waals surface area contributed by atoms with E-state index in [1.165, 1.54) is 0 Å². The summed E-state index contributed by atoms with van der Waals surface area (Å²) in [7, 11) is 0. The van der Waals surface area contributed by atoms with Gasteiger partial charge in [-0.3, -0.25) is 9.59 Å². The van der Waals surface area contributed by atoms with Crippen molar-refractivity contribution in [2.24, 2.45) is 0 Å². The number of nitrogens with one attached hydrogen (secondary N) is 2. The summed E-state index contributed by atoms with van der Waals surface area (Å²) in [5, 5.41) is 5.95. The van der Waals surface area contributed by atoms with E-state index < -0.39 is 0 Å². The molecule has 0 fully saturated rings. The van der Waals surface area contributed by atoms with Crippen LogP contribution in [-0.2, 0) is 9.59 Å². The molecule has 4 heteroatoms. The van der Waals surface area contributed by atoms with Gasteiger partial charge in [-0.2, -0.15) is 0 Å². The van der Waals surface area contributed by atoms with Crippen molar-refractivity contribution in [3.8, 4) is 0 Å². The van der Waals surface area contributed by atoms with Gasteiger partial charge in [0.25, 0.3) is 0 Å². The number of anilines is 2. The highest BCUT2D eigenvalue weighted by Gasteiger charge is 2.05. The molecule has 28 heavy (non-hydrogen) atoms. The first-order chi connectivity index (χ1) is 13.6. The van der Waals surface area contributed by atoms with Gasteiger partial charge in [-0.25, -0.2) is 0 Å². The first-order valence-corrected chi connectivity index (χ1v) is 10.3. The third-order valence-corrected chi connectivity index (χ3v) is 4.90. The molecule has 0 saturated carbocycles. The standard InChI is InChI=1S/C24H32N2O2/c1-19-13-9-11-15-21(19)25-23(27)17-7-5-3-4-6-8-18-24(28)26-22-16-12-10-14-20(22)2/h9-16H,3-8,17-18H2,1-2H3,(H,25,27)(H,26,28). The number of aryl methyl sites for hydroxylation is 2. The Labute approximate surface area is 168 Å². The van der Waals surface area contributed by atoms with Gasteiger partial charge < -0.3 is 10.6 Å². The van der Waals surface area contributed by atoms with Gasteiger partial charge in [0.2, 0.25) is 11.8 Å². The molecule has 0 heterocycles. The Balaban J connectivity index is 1.48. The normalized spacial score (nSPS) is 10.5. The molecule has 2 amide bonds. The van der Waals surface area contributed by atoms with Gasteiger partial charge in [-0.15, -0.1) is 0 Å². The fraction of sp³-hybridized carbons (Fsp3) is 0.417. The van der Waals surface area contributed by atoms with E-state index >= 15 is 0 Å². The molecule has 0 atom stereocenters. The summed E-state index contributed by atoms with van der Waals surface area (Å²) in [6.45, 7) is 3.99. The summed E-state index contributed by atoms with van der Waals surface area (Å²) in [6.07, 6.45) is 7.26. The number of amides is 2. The van der Waals surface area contributed by atoms with E-state index in [0.29, 0.717) is 12.8 Å². The van der Waals surface area contributed by atoms with Crippen LogP contribution in [0.5, 0.6) is 0 Å². The number of benzene rings is 2. The van der Waals surface area contributed by atoms with Crippen LogP contribution >= 0.6 is 0 Å². The highest BCUT2D eigenvalue weighted by atomic mass is 16.2. The average molecular weight is 381 g/mol. The van der Waals surface area contributed by atoms with Gasteiger partial charge in [0.05, 0.1) is 0 Å². The monoisotopic (exact) mass is 380 g/mol. The predicted octanol–water partition coefficient (Wildman–Crippen LogP) is 6.00. The number of hydrogen-bond donors (Lipinski definition) is 2. The molecule has 150 valence electrons. The van der Waals surface area contributed by atoms with Crippen molar-refractivity contribution >= 4 is 23.2 Å². The van der Waals surface area contributed by atoms with Crippen molar-refractivity contribution in [3.05, 3.63) is 59.7 Å². The zero-order valence-corrected chi connectivity index (χ0v) is 17.1. The minimum atomic E-state index is 0.0853. The molecule has 2 rings (SSSR count). The maximum Gasteiger partial charge on any atom is 0.224 e. The first-order valence-electron chi connectivity index (χ1n) is 10.3. The predicted molar refractivity (Wildman–Crippen MR) is 117 cm³/mol. The first kappa shape index (κ1) is 21.7. The van der Waals surface area contributed by atoms with Crippen LogP contribution in [0.2, 0.25) is 0 Å². The second-order valence-corrected chi connectivity index (χ2v) is 7.35. The van der Waals surface area contributed by atoms with Crippen LogP contribution < -0.4 is 10.6 Å². The van der Waals surface area contributed by atoms with Crippen molar-refractivity contribution < 1.29 is 9.59 Å². The number of carbonyl (C=O) groups excluding carboxylic acids is 2. The van der Waals surface area contributed by atoms with Gasteiger partial charge in [-0.1, -0.05) is 62.1 Å². The van der Waals surface area contributed by atoms with Crippen LogP contribution in [-0.4, -0.2) is 11.8 Å². The molecule has 0 spiro atoms. The molecule has 0 aromatic heterocycles. The minimum Gasteiger partial charge on any atom is -0.326 e. The number of para-hydroxylation sites is 2. The van der Waals surface area contributed by atoms with Gasteiger partial charge in [-0.05, 0) is 49.9 Å². The summed E-state index contributed by atoms with van der Waals surface area (Å²) in [6, 6.07) is 15.7. The van der Waals surface area contributed by atoms with Gasteiger partial charge in [0, 0.05) is 24.2 Å². The lowest BCUT2D eigenvalue weighted by Crippen LogP contribution is -2.12. The van der Waals surface area contributed by atoms with Gasteiger partial charge in [0.15, 0.2) is 0 Å². The molecule has 0 bridgehead atoms. The zero-order valence-electron chi connectivity index (χ0n) is 17.1. The lowest BCUT2D eigenvalue weighted by molar-refractivity contribution is -0.117. The maximum atomic E-state index is 12.0. The summed E-state index contributed by atoms with van der Waals surface area (Å²) in [5.74, 6) is 0.171. The molecule has 0 saturated heterocycles. The van der Waals surface area contributed by atoms with Crippen molar-refractivity contribution in [3.63, 3.8) is 0 Å². The molecule has 2 aromatic rings. The quantitative estimate of drug-likeness (QED) is 0.470. The Morgan fingerprint density at radius 3 is 1.36 bits per heavy atom. The van der Waals surface area contributed by atoms with Gasteiger partial charge >= 0.3 is 0 Å². The van der Waals surface area contributed by atoms with E-state index in [1.807, 2.05) is 62.4 Å². The average Bonchev–Trinajstić information content (AvgIpc) is 2.67. The molecule has 0 radical (unpaired) electrons. The minimum absolute atomic E-state index is 0.0853. The summed E-state index contributed by atoms with van der Waals surface area (Å²) in [4.78, 5) is 24.0. The van der Waals surface area contributed by atoms with E-state index in [9.17, 15) is 9.59 Å². The zero-order chi connectivity index (χ0) is 20.2. The lowest BCUT2D eigenvalue weighted by atomic mass is 10.1. The molecule has 2 aromatic carbocycles. The molecular formula is C24H32N2O2. The van der Waals surface area contributed by atoms with Crippen LogP contribution in [0.1, 0.15) is 62.5 Å². The largest absolute Gasteiger partial charge is 0.326 e. The van der Waals surface area contributed by atoms with Crippen molar-refractivity contribution in [1.82, 2.24) is 0 Å². The van der Waals surface area contributed by atoms with Crippen LogP contribution in [0.15, 0.2) is 48.5 Å². The fourth-order valence-electron chi connectivity index (χ4n) is 3.13. The Kier molecular flexibility index (Phi) is 9.26. The third-order valence-electron chi connectivity index (χ3n) is 4.90. The highest BCUT2D eigenvalue weighted by molar-refractivity contribution is 5.91. The molecule has 2 N–H and O–H groups in total. The van der Waals surface area contributed by atoms with E-state index in [-0.39, 0.29) is 11.8 Å². The molecule has 4 nitrogen and oxygen atoms in total. The molecular weight excluding hydrogens is 348 g/mol. The number of rotatable bonds is 11. The second-order valence-electron chi connectivity index (χ2n) is 7.35. The maximum absolute atomic E-state index is 12.0. The molecule has 0 aliphatic carbocycles. The highest BCUT2D eigenvalue weighted by Crippen LogP contribution is 2.16. The smallest absolute Gasteiger partial charge is 0.224 e. The van der Waals surface area contributed by atoms with Crippen LogP contribution in [0, 0.1) is 13.8 Å². The van der Waals surface area contributed by atoms with Gasteiger partial charge in [0.1, 0.15) is 0 Å². The summed E-state index contributed by atoms with van der Waals surface area (Å²) in [5.41, 5.74) is 3.97. The lowest BCUT2D eigenvalue weighted by Gasteiger charge is -2.08. The number of unbranched alkanes of at least 4 members (excludes halogenated alkanes) is 5. The molecule has 0 aliphatic heterocycles. The van der Waals surface area contributed by atoms with Crippen molar-refractivity contribution in [1.29, 1.82) is 0 Å². The number of hydrogen-bond acceptors (Lipinski definition) is 2. The Bertz CT molecular complexity index is 705. The van der Waals surface area contributed by atoms with E-state index in [2.05, 4.69) is 10.6 Å². The van der Waals surface area contributed by atoms with E-state index in [0.717, 1.165) is 61.0 Å². The van der Waals surface area contributed by atoms with E-state index in [1.54, 1.807) is 0 Å². The summed E-state index contributed by atoms with van der Waals surface area (Å²) < 4.78 is 0. The van der Waals surface area contributed by atoms with E-state index in [4.69, 9.17) is 0 Å². The second kappa shape index (κ2) is 12.0. The van der Waals surface area contributed by atoms with Crippen LogP contribution in [0.25, 0.3) is 0 Å².